The predicted molar refractivity (Wildman–Crippen MR) is 87.7 cm³/mol. The number of rotatable bonds is 3. The molecule has 0 heterocycles. The fourth-order valence-electron chi connectivity index (χ4n) is 1.97. The minimum Gasteiger partial charge on any atom is -0.399 e. The summed E-state index contributed by atoms with van der Waals surface area (Å²) in [5, 5.41) is 3.29. The summed E-state index contributed by atoms with van der Waals surface area (Å²) in [5.41, 5.74) is 7.49. The van der Waals surface area contributed by atoms with Crippen molar-refractivity contribution in [2.75, 3.05) is 10.6 Å². The van der Waals surface area contributed by atoms with Gasteiger partial charge in [0.1, 0.15) is 0 Å². The van der Waals surface area contributed by atoms with Gasteiger partial charge in [0, 0.05) is 24.2 Å². The number of anilines is 2. The van der Waals surface area contributed by atoms with E-state index in [0.717, 1.165) is 10.5 Å². The molecular weight excluding hydrogens is 302 g/mol. The maximum atomic E-state index is 12.3. The third-order valence-corrected chi connectivity index (χ3v) is 3.24. The van der Waals surface area contributed by atoms with Crippen molar-refractivity contribution in [3.05, 3.63) is 59.1 Å². The zero-order valence-corrected chi connectivity index (χ0v) is 12.8. The number of nitrogens with one attached hydrogen (secondary N) is 1. The van der Waals surface area contributed by atoms with Gasteiger partial charge < -0.3 is 11.1 Å². The van der Waals surface area contributed by atoms with E-state index in [1.165, 1.54) is 6.92 Å². The van der Waals surface area contributed by atoms with Gasteiger partial charge in [0.15, 0.2) is 0 Å². The van der Waals surface area contributed by atoms with Crippen LogP contribution in [0.15, 0.2) is 48.5 Å². The minimum absolute atomic E-state index is 0.276. The Hall–Kier alpha value is -2.53. The van der Waals surface area contributed by atoms with Gasteiger partial charge in [-0.05, 0) is 42.0 Å². The molecule has 0 saturated heterocycles. The number of urea groups is 1. The monoisotopic (exact) mass is 317 g/mol. The standard InChI is InChI=1S/C16H16ClN3O2/c1-11(21)20(15-7-5-14(18)6-8-15)16(22)19-10-12-3-2-4-13(17)9-12/h2-9H,10,18H2,1H3,(H,19,22). The molecule has 2 rings (SSSR count). The summed E-state index contributed by atoms with van der Waals surface area (Å²) >= 11 is 5.89. The number of hydrogen-bond acceptors (Lipinski definition) is 3. The highest BCUT2D eigenvalue weighted by Gasteiger charge is 2.19. The molecule has 0 unspecified atom stereocenters. The van der Waals surface area contributed by atoms with Gasteiger partial charge in [-0.1, -0.05) is 23.7 Å². The Morgan fingerprint density at radius 1 is 1.18 bits per heavy atom. The second-order valence-electron chi connectivity index (χ2n) is 4.73. The third-order valence-electron chi connectivity index (χ3n) is 3.00. The second kappa shape index (κ2) is 6.95. The van der Waals surface area contributed by atoms with Gasteiger partial charge >= 0.3 is 6.03 Å². The van der Waals surface area contributed by atoms with Crippen LogP contribution in [-0.4, -0.2) is 11.9 Å². The first kappa shape index (κ1) is 15.9. The maximum absolute atomic E-state index is 12.3. The molecule has 3 amide bonds. The van der Waals surface area contributed by atoms with Crippen molar-refractivity contribution in [2.45, 2.75) is 13.5 Å². The molecule has 0 atom stereocenters. The maximum Gasteiger partial charge on any atom is 0.329 e. The van der Waals surface area contributed by atoms with Crippen LogP contribution in [0.25, 0.3) is 0 Å². The molecule has 0 aliphatic carbocycles. The first-order chi connectivity index (χ1) is 10.5. The van der Waals surface area contributed by atoms with Gasteiger partial charge in [0.2, 0.25) is 5.91 Å². The zero-order valence-electron chi connectivity index (χ0n) is 12.0. The Kier molecular flexibility index (Phi) is 5.01. The summed E-state index contributed by atoms with van der Waals surface area (Å²) in [6, 6.07) is 13.2. The van der Waals surface area contributed by atoms with E-state index < -0.39 is 6.03 Å². The van der Waals surface area contributed by atoms with Gasteiger partial charge in [-0.3, -0.25) is 4.79 Å². The van der Waals surface area contributed by atoms with Crippen LogP contribution in [0.3, 0.4) is 0 Å². The number of halogens is 1. The van der Waals surface area contributed by atoms with Crippen molar-refractivity contribution < 1.29 is 9.59 Å². The fourth-order valence-corrected chi connectivity index (χ4v) is 2.18. The predicted octanol–water partition coefficient (Wildman–Crippen LogP) is 3.18. The molecule has 0 spiro atoms. The highest BCUT2D eigenvalue weighted by atomic mass is 35.5. The lowest BCUT2D eigenvalue weighted by atomic mass is 10.2. The molecule has 22 heavy (non-hydrogen) atoms. The molecule has 5 nitrogen and oxygen atoms in total. The van der Waals surface area contributed by atoms with Crippen molar-refractivity contribution >= 4 is 34.9 Å². The molecule has 2 aromatic rings. The van der Waals surface area contributed by atoms with Crippen LogP contribution in [0.2, 0.25) is 5.02 Å². The van der Waals surface area contributed by atoms with Crippen LogP contribution >= 0.6 is 11.6 Å². The number of nitrogen functional groups attached to an aromatic ring is 1. The number of nitrogens with zero attached hydrogens (tertiary/aromatic N) is 1. The lowest BCUT2D eigenvalue weighted by molar-refractivity contribution is -0.115. The first-order valence-electron chi connectivity index (χ1n) is 6.66. The van der Waals surface area contributed by atoms with E-state index in [0.29, 0.717) is 16.4 Å². The molecular formula is C16H16ClN3O2. The Labute approximate surface area is 133 Å². The van der Waals surface area contributed by atoms with Crippen molar-refractivity contribution in [1.29, 1.82) is 0 Å². The molecule has 0 saturated carbocycles. The van der Waals surface area contributed by atoms with E-state index >= 15 is 0 Å². The third kappa shape index (κ3) is 3.99. The Balaban J connectivity index is 2.10. The van der Waals surface area contributed by atoms with Crippen LogP contribution < -0.4 is 16.0 Å². The van der Waals surface area contributed by atoms with Crippen LogP contribution in [-0.2, 0) is 11.3 Å². The average molecular weight is 318 g/mol. The second-order valence-corrected chi connectivity index (χ2v) is 5.17. The number of imide groups is 1. The van der Waals surface area contributed by atoms with Crippen molar-refractivity contribution in [3.8, 4) is 0 Å². The number of amides is 3. The van der Waals surface area contributed by atoms with Crippen LogP contribution in [0, 0.1) is 0 Å². The largest absolute Gasteiger partial charge is 0.399 e. The number of benzene rings is 2. The average Bonchev–Trinajstić information content (AvgIpc) is 2.47. The Bertz CT molecular complexity index is 686. The summed E-state index contributed by atoms with van der Waals surface area (Å²) in [6.45, 7) is 1.60. The summed E-state index contributed by atoms with van der Waals surface area (Å²) in [7, 11) is 0. The molecule has 3 N–H and O–H groups in total. The fraction of sp³-hybridized carbons (Fsp3) is 0.125. The lowest BCUT2D eigenvalue weighted by Crippen LogP contribution is -2.42. The molecule has 6 heteroatoms. The van der Waals surface area contributed by atoms with E-state index in [-0.39, 0.29) is 12.5 Å². The quantitative estimate of drug-likeness (QED) is 0.854. The van der Waals surface area contributed by atoms with Crippen LogP contribution in [0.4, 0.5) is 16.2 Å². The highest BCUT2D eigenvalue weighted by molar-refractivity contribution is 6.30. The van der Waals surface area contributed by atoms with E-state index in [1.54, 1.807) is 42.5 Å². The van der Waals surface area contributed by atoms with E-state index in [2.05, 4.69) is 5.32 Å². The number of carbonyl (C=O) groups excluding carboxylic acids is 2. The zero-order chi connectivity index (χ0) is 16.1. The molecule has 0 aliphatic rings. The normalized spacial score (nSPS) is 10.1. The van der Waals surface area contributed by atoms with E-state index in [4.69, 9.17) is 17.3 Å². The molecule has 0 aromatic heterocycles. The van der Waals surface area contributed by atoms with Crippen LogP contribution in [0.5, 0.6) is 0 Å². The first-order valence-corrected chi connectivity index (χ1v) is 7.03. The van der Waals surface area contributed by atoms with Crippen molar-refractivity contribution in [1.82, 2.24) is 5.32 Å². The van der Waals surface area contributed by atoms with Crippen molar-refractivity contribution in [3.63, 3.8) is 0 Å². The molecule has 0 radical (unpaired) electrons. The summed E-state index contributed by atoms with van der Waals surface area (Å²) in [5.74, 6) is -0.381. The molecule has 0 bridgehead atoms. The van der Waals surface area contributed by atoms with E-state index in [9.17, 15) is 9.59 Å². The molecule has 0 aliphatic heterocycles. The Morgan fingerprint density at radius 2 is 1.86 bits per heavy atom. The highest BCUT2D eigenvalue weighted by Crippen LogP contribution is 2.17. The summed E-state index contributed by atoms with van der Waals surface area (Å²) in [4.78, 5) is 25.1. The molecule has 0 fully saturated rings. The van der Waals surface area contributed by atoms with Crippen molar-refractivity contribution in [2.24, 2.45) is 0 Å². The summed E-state index contributed by atoms with van der Waals surface area (Å²) in [6.07, 6.45) is 0. The smallest absolute Gasteiger partial charge is 0.329 e. The van der Waals surface area contributed by atoms with Gasteiger partial charge in [0.05, 0.1) is 5.69 Å². The van der Waals surface area contributed by atoms with Crippen LogP contribution in [0.1, 0.15) is 12.5 Å². The molecule has 114 valence electrons. The van der Waals surface area contributed by atoms with Gasteiger partial charge in [-0.15, -0.1) is 0 Å². The topological polar surface area (TPSA) is 75.4 Å². The minimum atomic E-state index is -0.503. The summed E-state index contributed by atoms with van der Waals surface area (Å²) < 4.78 is 0. The van der Waals surface area contributed by atoms with E-state index in [1.807, 2.05) is 6.07 Å². The molecule has 2 aromatic carbocycles. The Morgan fingerprint density at radius 3 is 2.45 bits per heavy atom. The van der Waals surface area contributed by atoms with Gasteiger partial charge in [-0.2, -0.15) is 0 Å². The number of carbonyl (C=O) groups is 2. The number of hydrogen-bond donors (Lipinski definition) is 2. The SMILES string of the molecule is CC(=O)N(C(=O)NCc1cccc(Cl)c1)c1ccc(N)cc1. The van der Waals surface area contributed by atoms with Gasteiger partial charge in [-0.25, -0.2) is 9.69 Å². The lowest BCUT2D eigenvalue weighted by Gasteiger charge is -2.20. The number of nitrogens with two attached hydrogens (primary N) is 1. The van der Waals surface area contributed by atoms with Gasteiger partial charge in [0.25, 0.3) is 0 Å².